The van der Waals surface area contributed by atoms with Gasteiger partial charge in [-0.05, 0) is 25.0 Å². The Bertz CT molecular complexity index is 368. The van der Waals surface area contributed by atoms with Crippen LogP contribution in [0.25, 0.3) is 0 Å². The molecule has 88 valence electrons. The average Bonchev–Trinajstić information content (AvgIpc) is 2.73. The fourth-order valence-electron chi connectivity index (χ4n) is 2.64. The van der Waals surface area contributed by atoms with Crippen LogP contribution < -0.4 is 5.73 Å². The fraction of sp³-hybridized carbons (Fsp3) is 0.750. The first kappa shape index (κ1) is 10.7. The van der Waals surface area contributed by atoms with Gasteiger partial charge in [0.05, 0.1) is 5.69 Å². The zero-order valence-corrected chi connectivity index (χ0v) is 10.4. The quantitative estimate of drug-likeness (QED) is 0.809. The standard InChI is InChI=1S/C12H19N3S/c13-10-3-4-15-7-11(14-12(15)6-10)9-2-1-5-16-8-9/h7,9-10H,1-6,8,13H2. The van der Waals surface area contributed by atoms with Gasteiger partial charge in [-0.25, -0.2) is 4.98 Å². The summed E-state index contributed by atoms with van der Waals surface area (Å²) in [6.07, 6.45) is 6.99. The normalized spacial score (nSPS) is 30.1. The Morgan fingerprint density at radius 3 is 3.19 bits per heavy atom. The maximum absolute atomic E-state index is 5.98. The molecule has 3 rings (SSSR count). The molecule has 2 N–H and O–H groups in total. The Morgan fingerprint density at radius 2 is 2.38 bits per heavy atom. The summed E-state index contributed by atoms with van der Waals surface area (Å²) in [5, 5.41) is 0. The molecule has 2 atom stereocenters. The maximum atomic E-state index is 5.98. The molecule has 1 aromatic heterocycles. The van der Waals surface area contributed by atoms with Crippen LogP contribution in [0.3, 0.4) is 0 Å². The van der Waals surface area contributed by atoms with E-state index in [2.05, 4.69) is 22.5 Å². The molecule has 1 fully saturated rings. The molecule has 2 unspecified atom stereocenters. The lowest BCUT2D eigenvalue weighted by atomic mass is 10.0. The number of nitrogens with zero attached hydrogens (tertiary/aromatic N) is 2. The number of aromatic nitrogens is 2. The van der Waals surface area contributed by atoms with E-state index in [9.17, 15) is 0 Å². The molecule has 0 aromatic carbocycles. The van der Waals surface area contributed by atoms with Gasteiger partial charge in [0.2, 0.25) is 0 Å². The van der Waals surface area contributed by atoms with Crippen LogP contribution in [-0.4, -0.2) is 27.1 Å². The number of imidazole rings is 1. The predicted octanol–water partition coefficient (Wildman–Crippen LogP) is 1.77. The van der Waals surface area contributed by atoms with E-state index in [-0.39, 0.29) is 0 Å². The molecular formula is C12H19N3S. The minimum Gasteiger partial charge on any atom is -0.335 e. The number of nitrogens with two attached hydrogens (primary N) is 1. The van der Waals surface area contributed by atoms with Gasteiger partial charge in [-0.2, -0.15) is 11.8 Å². The van der Waals surface area contributed by atoms with Crippen molar-refractivity contribution in [2.75, 3.05) is 11.5 Å². The minimum atomic E-state index is 0.323. The highest BCUT2D eigenvalue weighted by Gasteiger charge is 2.23. The van der Waals surface area contributed by atoms with E-state index in [1.807, 2.05) is 0 Å². The van der Waals surface area contributed by atoms with Crippen LogP contribution in [0.15, 0.2) is 6.20 Å². The molecule has 0 amide bonds. The van der Waals surface area contributed by atoms with E-state index in [1.165, 1.54) is 35.9 Å². The summed E-state index contributed by atoms with van der Waals surface area (Å²) in [6.45, 7) is 1.06. The summed E-state index contributed by atoms with van der Waals surface area (Å²) in [5.74, 6) is 4.48. The zero-order valence-electron chi connectivity index (χ0n) is 9.56. The third-order valence-corrected chi connectivity index (χ3v) is 4.86. The molecule has 3 nitrogen and oxygen atoms in total. The fourth-order valence-corrected chi connectivity index (χ4v) is 3.80. The molecule has 1 aromatic rings. The van der Waals surface area contributed by atoms with Crippen LogP contribution in [-0.2, 0) is 13.0 Å². The second-order valence-corrected chi connectivity index (χ2v) is 6.09. The van der Waals surface area contributed by atoms with E-state index in [4.69, 9.17) is 10.7 Å². The van der Waals surface area contributed by atoms with Gasteiger partial charge < -0.3 is 10.3 Å². The molecule has 16 heavy (non-hydrogen) atoms. The van der Waals surface area contributed by atoms with Crippen molar-refractivity contribution in [2.45, 2.75) is 44.2 Å². The maximum Gasteiger partial charge on any atom is 0.110 e. The van der Waals surface area contributed by atoms with Crippen molar-refractivity contribution in [1.29, 1.82) is 0 Å². The molecule has 2 aliphatic rings. The molecule has 0 saturated carbocycles. The lowest BCUT2D eigenvalue weighted by Crippen LogP contribution is -2.30. The summed E-state index contributed by atoms with van der Waals surface area (Å²) in [4.78, 5) is 4.79. The van der Waals surface area contributed by atoms with E-state index in [0.717, 1.165) is 19.4 Å². The van der Waals surface area contributed by atoms with E-state index >= 15 is 0 Å². The Morgan fingerprint density at radius 1 is 1.44 bits per heavy atom. The van der Waals surface area contributed by atoms with E-state index < -0.39 is 0 Å². The summed E-state index contributed by atoms with van der Waals surface area (Å²) in [5.41, 5.74) is 7.30. The molecular weight excluding hydrogens is 218 g/mol. The van der Waals surface area contributed by atoms with Gasteiger partial charge in [-0.1, -0.05) is 0 Å². The van der Waals surface area contributed by atoms with Gasteiger partial charge in [-0.3, -0.25) is 0 Å². The smallest absolute Gasteiger partial charge is 0.110 e. The van der Waals surface area contributed by atoms with Crippen LogP contribution in [0.2, 0.25) is 0 Å². The molecule has 2 aliphatic heterocycles. The Hall–Kier alpha value is -0.480. The molecule has 4 heteroatoms. The highest BCUT2D eigenvalue weighted by Crippen LogP contribution is 2.31. The molecule has 1 saturated heterocycles. The predicted molar refractivity (Wildman–Crippen MR) is 67.8 cm³/mol. The number of fused-ring (bicyclic) bond motifs is 1. The van der Waals surface area contributed by atoms with Gasteiger partial charge in [0.15, 0.2) is 0 Å². The number of rotatable bonds is 1. The lowest BCUT2D eigenvalue weighted by Gasteiger charge is -2.19. The number of hydrogen-bond donors (Lipinski definition) is 1. The lowest BCUT2D eigenvalue weighted by molar-refractivity contribution is 0.463. The van der Waals surface area contributed by atoms with Gasteiger partial charge >= 0.3 is 0 Å². The second-order valence-electron chi connectivity index (χ2n) is 4.94. The SMILES string of the molecule is NC1CCn2cc(C3CCCSC3)nc2C1. The molecule has 0 aliphatic carbocycles. The van der Waals surface area contributed by atoms with E-state index in [0.29, 0.717) is 12.0 Å². The first-order valence-corrected chi connectivity index (χ1v) is 7.37. The Balaban J connectivity index is 1.80. The van der Waals surface area contributed by atoms with Crippen molar-refractivity contribution in [2.24, 2.45) is 5.73 Å². The molecule has 0 spiro atoms. The first-order valence-electron chi connectivity index (χ1n) is 6.22. The summed E-state index contributed by atoms with van der Waals surface area (Å²) < 4.78 is 2.32. The minimum absolute atomic E-state index is 0.323. The van der Waals surface area contributed by atoms with Crippen molar-refractivity contribution in [1.82, 2.24) is 9.55 Å². The third kappa shape index (κ3) is 2.00. The van der Waals surface area contributed by atoms with Crippen molar-refractivity contribution in [3.8, 4) is 0 Å². The van der Waals surface area contributed by atoms with Gasteiger partial charge in [-0.15, -0.1) is 0 Å². The van der Waals surface area contributed by atoms with Crippen molar-refractivity contribution >= 4 is 11.8 Å². The molecule has 3 heterocycles. The van der Waals surface area contributed by atoms with E-state index in [1.54, 1.807) is 0 Å². The van der Waals surface area contributed by atoms with Crippen molar-refractivity contribution in [3.63, 3.8) is 0 Å². The Kier molecular flexibility index (Phi) is 2.94. The summed E-state index contributed by atoms with van der Waals surface area (Å²) in [7, 11) is 0. The average molecular weight is 237 g/mol. The van der Waals surface area contributed by atoms with Crippen LogP contribution in [0, 0.1) is 0 Å². The van der Waals surface area contributed by atoms with Crippen LogP contribution in [0.5, 0.6) is 0 Å². The van der Waals surface area contributed by atoms with Crippen LogP contribution in [0.1, 0.15) is 36.7 Å². The molecule has 0 bridgehead atoms. The largest absolute Gasteiger partial charge is 0.335 e. The number of hydrogen-bond acceptors (Lipinski definition) is 3. The summed E-state index contributed by atoms with van der Waals surface area (Å²) in [6, 6.07) is 0.323. The zero-order chi connectivity index (χ0) is 11.0. The van der Waals surface area contributed by atoms with Crippen molar-refractivity contribution in [3.05, 3.63) is 17.7 Å². The van der Waals surface area contributed by atoms with Crippen molar-refractivity contribution < 1.29 is 0 Å². The van der Waals surface area contributed by atoms with Gasteiger partial charge in [0, 0.05) is 36.9 Å². The third-order valence-electron chi connectivity index (χ3n) is 3.64. The van der Waals surface area contributed by atoms with Gasteiger partial charge in [0.1, 0.15) is 5.82 Å². The monoisotopic (exact) mass is 237 g/mol. The number of aryl methyl sites for hydroxylation is 1. The van der Waals surface area contributed by atoms with Gasteiger partial charge in [0.25, 0.3) is 0 Å². The molecule has 0 radical (unpaired) electrons. The highest BCUT2D eigenvalue weighted by atomic mass is 32.2. The second kappa shape index (κ2) is 4.41. The first-order chi connectivity index (χ1) is 7.83. The highest BCUT2D eigenvalue weighted by molar-refractivity contribution is 7.99. The van der Waals surface area contributed by atoms with Crippen LogP contribution in [0.4, 0.5) is 0 Å². The topological polar surface area (TPSA) is 43.8 Å². The Labute approximate surface area is 101 Å². The van der Waals surface area contributed by atoms with Crippen LogP contribution >= 0.6 is 11.8 Å². The number of thioether (sulfide) groups is 1. The summed E-state index contributed by atoms with van der Waals surface area (Å²) >= 11 is 2.07.